The first-order chi connectivity index (χ1) is 14.7. The van der Waals surface area contributed by atoms with Gasteiger partial charge in [0.1, 0.15) is 0 Å². The highest BCUT2D eigenvalue weighted by atomic mass is 32.2. The summed E-state index contributed by atoms with van der Waals surface area (Å²) in [7, 11) is 0. The Bertz CT molecular complexity index is 1040. The Morgan fingerprint density at radius 1 is 0.900 bits per heavy atom. The maximum absolute atomic E-state index is 12.4. The second-order valence-electron chi connectivity index (χ2n) is 6.93. The largest absolute Gasteiger partial charge is 0.298 e. The SMILES string of the molecule is C=CCn1c(SCCCCN2C(=O)c3ccccc3C2=O)nnc1-c1ccccc1. The molecule has 1 aliphatic rings. The molecule has 0 radical (unpaired) electrons. The standard InChI is InChI=1S/C23H22N4O2S/c1-2-14-26-20(17-10-4-3-5-11-17)24-25-23(26)30-16-9-8-15-27-21(28)18-12-6-7-13-19(18)22(27)29/h2-7,10-13H,1,8-9,14-16H2. The summed E-state index contributed by atoms with van der Waals surface area (Å²) in [5.41, 5.74) is 2.02. The number of allylic oxidation sites excluding steroid dienone is 1. The molecule has 2 heterocycles. The average Bonchev–Trinajstić information content (AvgIpc) is 3.28. The number of nitrogens with zero attached hydrogens (tertiary/aromatic N) is 4. The summed E-state index contributed by atoms with van der Waals surface area (Å²) in [6.07, 6.45) is 3.45. The minimum atomic E-state index is -0.193. The van der Waals surface area contributed by atoms with Crippen LogP contribution in [0.25, 0.3) is 11.4 Å². The van der Waals surface area contributed by atoms with Crippen molar-refractivity contribution >= 4 is 23.6 Å². The van der Waals surface area contributed by atoms with Crippen LogP contribution in [0.1, 0.15) is 33.6 Å². The van der Waals surface area contributed by atoms with E-state index in [0.29, 0.717) is 24.2 Å². The first kappa shape index (κ1) is 20.1. The third-order valence-corrected chi connectivity index (χ3v) is 6.00. The van der Waals surface area contributed by atoms with Gasteiger partial charge in [-0.05, 0) is 25.0 Å². The fourth-order valence-electron chi connectivity index (χ4n) is 3.47. The van der Waals surface area contributed by atoms with Crippen molar-refractivity contribution in [3.05, 3.63) is 78.4 Å². The Hall–Kier alpha value is -3.19. The molecule has 3 aromatic rings. The zero-order chi connectivity index (χ0) is 20.9. The second kappa shape index (κ2) is 9.09. The van der Waals surface area contributed by atoms with Gasteiger partial charge in [-0.2, -0.15) is 0 Å². The molecule has 0 atom stereocenters. The van der Waals surface area contributed by atoms with Crippen molar-refractivity contribution in [1.29, 1.82) is 0 Å². The van der Waals surface area contributed by atoms with Gasteiger partial charge in [0.05, 0.1) is 11.1 Å². The topological polar surface area (TPSA) is 68.1 Å². The van der Waals surface area contributed by atoms with E-state index in [-0.39, 0.29) is 11.8 Å². The van der Waals surface area contributed by atoms with Gasteiger partial charge >= 0.3 is 0 Å². The van der Waals surface area contributed by atoms with Gasteiger partial charge in [-0.3, -0.25) is 19.1 Å². The molecular weight excluding hydrogens is 396 g/mol. The fourth-order valence-corrected chi connectivity index (χ4v) is 4.41. The predicted octanol–water partition coefficient (Wildman–Crippen LogP) is 4.30. The van der Waals surface area contributed by atoms with Crippen molar-refractivity contribution in [2.24, 2.45) is 0 Å². The van der Waals surface area contributed by atoms with E-state index in [2.05, 4.69) is 21.3 Å². The van der Waals surface area contributed by atoms with Crippen LogP contribution in [0.2, 0.25) is 0 Å². The third kappa shape index (κ3) is 3.93. The minimum absolute atomic E-state index is 0.193. The van der Waals surface area contributed by atoms with Gasteiger partial charge in [0.15, 0.2) is 11.0 Å². The van der Waals surface area contributed by atoms with Gasteiger partial charge in [-0.15, -0.1) is 16.8 Å². The maximum atomic E-state index is 12.4. The van der Waals surface area contributed by atoms with Crippen molar-refractivity contribution in [2.75, 3.05) is 12.3 Å². The number of carbonyl (C=O) groups is 2. The summed E-state index contributed by atoms with van der Waals surface area (Å²) in [6, 6.07) is 17.0. The van der Waals surface area contributed by atoms with Crippen molar-refractivity contribution in [3.8, 4) is 11.4 Å². The highest BCUT2D eigenvalue weighted by molar-refractivity contribution is 7.99. The molecule has 0 unspecified atom stereocenters. The van der Waals surface area contributed by atoms with E-state index in [1.54, 1.807) is 36.0 Å². The Balaban J connectivity index is 1.32. The number of imide groups is 1. The number of amides is 2. The van der Waals surface area contributed by atoms with E-state index in [1.807, 2.05) is 36.4 Å². The Morgan fingerprint density at radius 2 is 1.57 bits per heavy atom. The normalized spacial score (nSPS) is 13.0. The quantitative estimate of drug-likeness (QED) is 0.224. The third-order valence-electron chi connectivity index (χ3n) is 4.95. The highest BCUT2D eigenvalue weighted by Crippen LogP contribution is 2.26. The minimum Gasteiger partial charge on any atom is -0.298 e. The first-order valence-electron chi connectivity index (χ1n) is 9.88. The fraction of sp³-hybridized carbons (Fsp3) is 0.217. The molecule has 6 nitrogen and oxygen atoms in total. The summed E-state index contributed by atoms with van der Waals surface area (Å²) < 4.78 is 2.05. The summed E-state index contributed by atoms with van der Waals surface area (Å²) in [5, 5.41) is 9.55. The maximum Gasteiger partial charge on any atom is 0.261 e. The predicted molar refractivity (Wildman–Crippen MR) is 117 cm³/mol. The monoisotopic (exact) mass is 418 g/mol. The van der Waals surface area contributed by atoms with Gasteiger partial charge in [0, 0.05) is 24.4 Å². The van der Waals surface area contributed by atoms with Crippen LogP contribution in [0.3, 0.4) is 0 Å². The molecular formula is C23H22N4O2S. The lowest BCUT2D eigenvalue weighted by Crippen LogP contribution is -2.30. The van der Waals surface area contributed by atoms with Gasteiger partial charge in [-0.25, -0.2) is 0 Å². The van der Waals surface area contributed by atoms with Crippen LogP contribution < -0.4 is 0 Å². The molecule has 0 saturated heterocycles. The van der Waals surface area contributed by atoms with Gasteiger partial charge in [0.2, 0.25) is 0 Å². The summed E-state index contributed by atoms with van der Waals surface area (Å²) >= 11 is 1.63. The number of hydrogen-bond donors (Lipinski definition) is 0. The molecule has 0 N–H and O–H groups in total. The number of benzene rings is 2. The van der Waals surface area contributed by atoms with Crippen molar-refractivity contribution in [1.82, 2.24) is 19.7 Å². The Labute approximate surface area is 179 Å². The molecule has 4 rings (SSSR count). The first-order valence-corrected chi connectivity index (χ1v) is 10.9. The zero-order valence-corrected chi connectivity index (χ0v) is 17.3. The molecule has 30 heavy (non-hydrogen) atoms. The summed E-state index contributed by atoms with van der Waals surface area (Å²) in [4.78, 5) is 26.2. The van der Waals surface area contributed by atoms with Gasteiger partial charge < -0.3 is 0 Å². The number of rotatable bonds is 9. The van der Waals surface area contributed by atoms with Crippen LogP contribution >= 0.6 is 11.8 Å². The molecule has 152 valence electrons. The average molecular weight is 419 g/mol. The van der Waals surface area contributed by atoms with E-state index in [9.17, 15) is 9.59 Å². The van der Waals surface area contributed by atoms with Crippen LogP contribution in [-0.2, 0) is 6.54 Å². The van der Waals surface area contributed by atoms with Crippen molar-refractivity contribution in [3.63, 3.8) is 0 Å². The van der Waals surface area contributed by atoms with Gasteiger partial charge in [0.25, 0.3) is 11.8 Å². The van der Waals surface area contributed by atoms with Crippen LogP contribution in [-0.4, -0.2) is 43.8 Å². The molecule has 1 aliphatic heterocycles. The Morgan fingerprint density at radius 3 is 2.23 bits per heavy atom. The number of fused-ring (bicyclic) bond motifs is 1. The highest BCUT2D eigenvalue weighted by Gasteiger charge is 2.34. The lowest BCUT2D eigenvalue weighted by Gasteiger charge is -2.13. The molecule has 2 aromatic carbocycles. The molecule has 2 amide bonds. The number of unbranched alkanes of at least 4 members (excludes halogenated alkanes) is 1. The van der Waals surface area contributed by atoms with Crippen LogP contribution in [0.5, 0.6) is 0 Å². The molecule has 0 fully saturated rings. The molecule has 0 spiro atoms. The second-order valence-corrected chi connectivity index (χ2v) is 8.00. The van der Waals surface area contributed by atoms with E-state index in [4.69, 9.17) is 0 Å². The summed E-state index contributed by atoms with van der Waals surface area (Å²) in [6.45, 7) is 4.91. The molecule has 1 aromatic heterocycles. The molecule has 0 bridgehead atoms. The number of hydrogen-bond acceptors (Lipinski definition) is 5. The van der Waals surface area contributed by atoms with Gasteiger partial charge in [-0.1, -0.05) is 60.3 Å². The molecule has 0 aliphatic carbocycles. The lowest BCUT2D eigenvalue weighted by atomic mass is 10.1. The van der Waals surface area contributed by atoms with Crippen LogP contribution in [0.4, 0.5) is 0 Å². The van der Waals surface area contributed by atoms with Crippen LogP contribution in [0.15, 0.2) is 72.4 Å². The van der Waals surface area contributed by atoms with Crippen molar-refractivity contribution < 1.29 is 9.59 Å². The number of aromatic nitrogens is 3. The molecule has 0 saturated carbocycles. The lowest BCUT2D eigenvalue weighted by molar-refractivity contribution is 0.0652. The summed E-state index contributed by atoms with van der Waals surface area (Å²) in [5.74, 6) is 1.26. The van der Waals surface area contributed by atoms with Crippen LogP contribution in [0, 0.1) is 0 Å². The smallest absolute Gasteiger partial charge is 0.261 e. The van der Waals surface area contributed by atoms with E-state index < -0.39 is 0 Å². The van der Waals surface area contributed by atoms with E-state index in [1.165, 1.54) is 4.90 Å². The van der Waals surface area contributed by atoms with Crippen molar-refractivity contribution in [2.45, 2.75) is 24.5 Å². The zero-order valence-electron chi connectivity index (χ0n) is 16.5. The van der Waals surface area contributed by atoms with E-state index in [0.717, 1.165) is 35.1 Å². The number of thioether (sulfide) groups is 1. The van der Waals surface area contributed by atoms with E-state index >= 15 is 0 Å². The molecule has 7 heteroatoms. The Kier molecular flexibility index (Phi) is 6.09. The number of carbonyl (C=O) groups excluding carboxylic acids is 2.